The summed E-state index contributed by atoms with van der Waals surface area (Å²) in [5.41, 5.74) is 7.42. The molecule has 18 heavy (non-hydrogen) atoms. The third-order valence-electron chi connectivity index (χ3n) is 3.21. The lowest BCUT2D eigenvalue weighted by molar-refractivity contribution is 0.100. The van der Waals surface area contributed by atoms with Crippen LogP contribution in [0, 0.1) is 5.82 Å². The summed E-state index contributed by atoms with van der Waals surface area (Å²) in [6.45, 7) is 10.00. The molecule has 0 aliphatic heterocycles. The number of halogens is 1. The van der Waals surface area contributed by atoms with Crippen molar-refractivity contribution in [1.29, 1.82) is 0 Å². The quantitative estimate of drug-likeness (QED) is 0.837. The molecule has 4 heteroatoms. The minimum atomic E-state index is -1.94. The van der Waals surface area contributed by atoms with Crippen LogP contribution in [0.15, 0.2) is 6.07 Å². The van der Waals surface area contributed by atoms with Gasteiger partial charge in [-0.25, -0.2) is 4.39 Å². The zero-order chi connectivity index (χ0) is 14.1. The molecule has 0 aliphatic carbocycles. The molecule has 0 bridgehead atoms. The highest BCUT2D eigenvalue weighted by molar-refractivity contribution is 6.89. The third kappa shape index (κ3) is 2.63. The van der Waals surface area contributed by atoms with Gasteiger partial charge in [-0.05, 0) is 35.2 Å². The van der Waals surface area contributed by atoms with Gasteiger partial charge in [0.25, 0.3) is 0 Å². The van der Waals surface area contributed by atoms with E-state index >= 15 is 0 Å². The van der Waals surface area contributed by atoms with E-state index in [-0.39, 0.29) is 5.82 Å². The Balaban J connectivity index is 3.72. The van der Waals surface area contributed by atoms with Crippen LogP contribution in [-0.4, -0.2) is 14.0 Å². The van der Waals surface area contributed by atoms with Crippen molar-refractivity contribution < 1.29 is 9.18 Å². The summed E-state index contributed by atoms with van der Waals surface area (Å²) < 4.78 is 14.7. The van der Waals surface area contributed by atoms with Crippen molar-refractivity contribution in [3.05, 3.63) is 28.6 Å². The highest BCUT2D eigenvalue weighted by Crippen LogP contribution is 2.20. The molecule has 0 aliphatic rings. The molecule has 1 rings (SSSR count). The number of aryl methyl sites for hydroxylation is 1. The molecule has 0 saturated carbocycles. The SMILES string of the molecule is CCc1cc(C(N)=O)c([Si](C)(C)C)c(F)c1CC. The first-order valence-electron chi connectivity index (χ1n) is 6.38. The summed E-state index contributed by atoms with van der Waals surface area (Å²) in [4.78, 5) is 11.6. The largest absolute Gasteiger partial charge is 0.366 e. The second-order valence-electron chi connectivity index (χ2n) is 5.57. The Morgan fingerprint density at radius 2 is 1.83 bits per heavy atom. The Labute approximate surface area is 109 Å². The zero-order valence-corrected chi connectivity index (χ0v) is 12.9. The molecule has 0 radical (unpaired) electrons. The van der Waals surface area contributed by atoms with Crippen LogP contribution in [0.3, 0.4) is 0 Å². The third-order valence-corrected chi connectivity index (χ3v) is 5.20. The van der Waals surface area contributed by atoms with Crippen molar-refractivity contribution in [1.82, 2.24) is 0 Å². The molecule has 0 atom stereocenters. The molecule has 100 valence electrons. The van der Waals surface area contributed by atoms with Gasteiger partial charge in [0.05, 0.1) is 8.07 Å². The summed E-state index contributed by atoms with van der Waals surface area (Å²) >= 11 is 0. The number of primary amides is 1. The number of benzene rings is 1. The van der Waals surface area contributed by atoms with Crippen LogP contribution in [0.2, 0.25) is 19.6 Å². The van der Waals surface area contributed by atoms with Crippen LogP contribution in [0.1, 0.15) is 35.3 Å². The fraction of sp³-hybridized carbons (Fsp3) is 0.500. The van der Waals surface area contributed by atoms with E-state index in [1.54, 1.807) is 6.07 Å². The number of rotatable bonds is 4. The Kier molecular flexibility index (Phi) is 4.32. The topological polar surface area (TPSA) is 43.1 Å². The lowest BCUT2D eigenvalue weighted by Crippen LogP contribution is -2.45. The van der Waals surface area contributed by atoms with Crippen molar-refractivity contribution in [2.45, 2.75) is 46.3 Å². The lowest BCUT2D eigenvalue weighted by atomic mass is 9.99. The first-order chi connectivity index (χ1) is 8.23. The average molecular weight is 267 g/mol. The fourth-order valence-corrected chi connectivity index (χ4v) is 4.18. The molecule has 0 heterocycles. The van der Waals surface area contributed by atoms with Gasteiger partial charge in [-0.2, -0.15) is 0 Å². The number of carbonyl (C=O) groups excluding carboxylic acids is 1. The van der Waals surface area contributed by atoms with Crippen LogP contribution < -0.4 is 10.9 Å². The van der Waals surface area contributed by atoms with Gasteiger partial charge in [0.1, 0.15) is 5.82 Å². The van der Waals surface area contributed by atoms with E-state index in [1.807, 2.05) is 33.5 Å². The first kappa shape index (κ1) is 14.9. The summed E-state index contributed by atoms with van der Waals surface area (Å²) in [6, 6.07) is 1.79. The monoisotopic (exact) mass is 267 g/mol. The molecule has 0 aromatic heterocycles. The number of nitrogens with two attached hydrogens (primary N) is 1. The minimum Gasteiger partial charge on any atom is -0.366 e. The molecule has 0 unspecified atom stereocenters. The summed E-state index contributed by atoms with van der Waals surface area (Å²) in [6.07, 6.45) is 1.36. The predicted molar refractivity (Wildman–Crippen MR) is 76.7 cm³/mol. The summed E-state index contributed by atoms with van der Waals surface area (Å²) in [7, 11) is -1.94. The normalized spacial score (nSPS) is 11.7. The standard InChI is InChI=1S/C14H22FNOSi/c1-6-9-8-11(14(16)17)13(18(3,4)5)12(15)10(9)7-2/h8H,6-7H2,1-5H3,(H2,16,17). The van der Waals surface area contributed by atoms with Crippen LogP contribution >= 0.6 is 0 Å². The number of amides is 1. The van der Waals surface area contributed by atoms with E-state index in [4.69, 9.17) is 5.73 Å². The Bertz CT molecular complexity index is 478. The first-order valence-corrected chi connectivity index (χ1v) is 9.88. The van der Waals surface area contributed by atoms with E-state index < -0.39 is 14.0 Å². The molecule has 2 nitrogen and oxygen atoms in total. The smallest absolute Gasteiger partial charge is 0.248 e. The van der Waals surface area contributed by atoms with Crippen LogP contribution in [-0.2, 0) is 12.8 Å². The Morgan fingerprint density at radius 1 is 1.28 bits per heavy atom. The van der Waals surface area contributed by atoms with Crippen molar-refractivity contribution in [3.8, 4) is 0 Å². The van der Waals surface area contributed by atoms with E-state index in [0.29, 0.717) is 23.6 Å². The number of carbonyl (C=O) groups is 1. The fourth-order valence-electron chi connectivity index (χ4n) is 2.37. The van der Waals surface area contributed by atoms with Crippen LogP contribution in [0.4, 0.5) is 4.39 Å². The van der Waals surface area contributed by atoms with Gasteiger partial charge >= 0.3 is 0 Å². The zero-order valence-electron chi connectivity index (χ0n) is 11.9. The van der Waals surface area contributed by atoms with Crippen molar-refractivity contribution in [3.63, 3.8) is 0 Å². The maximum Gasteiger partial charge on any atom is 0.248 e. The van der Waals surface area contributed by atoms with Gasteiger partial charge in [0, 0.05) is 5.56 Å². The lowest BCUT2D eigenvalue weighted by Gasteiger charge is -2.23. The molecule has 2 N–H and O–H groups in total. The second-order valence-corrected chi connectivity index (χ2v) is 10.6. The van der Waals surface area contributed by atoms with Crippen molar-refractivity contribution in [2.75, 3.05) is 0 Å². The number of hydrogen-bond acceptors (Lipinski definition) is 1. The maximum atomic E-state index is 14.7. The molecule has 0 fully saturated rings. The molecule has 1 aromatic rings. The summed E-state index contributed by atoms with van der Waals surface area (Å²) in [5, 5.41) is 0.573. The van der Waals surface area contributed by atoms with Crippen LogP contribution in [0.5, 0.6) is 0 Å². The van der Waals surface area contributed by atoms with Crippen molar-refractivity contribution >= 4 is 19.2 Å². The van der Waals surface area contributed by atoms with Gasteiger partial charge < -0.3 is 5.73 Å². The molecule has 1 aromatic carbocycles. The molecule has 0 saturated heterocycles. The second kappa shape index (κ2) is 5.22. The van der Waals surface area contributed by atoms with Gasteiger partial charge in [-0.1, -0.05) is 33.5 Å². The average Bonchev–Trinajstić information content (AvgIpc) is 2.25. The van der Waals surface area contributed by atoms with E-state index in [9.17, 15) is 9.18 Å². The van der Waals surface area contributed by atoms with E-state index in [2.05, 4.69) is 0 Å². The molecular weight excluding hydrogens is 245 g/mol. The maximum absolute atomic E-state index is 14.7. The van der Waals surface area contributed by atoms with E-state index in [1.165, 1.54) is 0 Å². The van der Waals surface area contributed by atoms with Gasteiger partial charge in [-0.3, -0.25) is 4.79 Å². The van der Waals surface area contributed by atoms with Gasteiger partial charge in [0.15, 0.2) is 0 Å². The molecular formula is C14H22FNOSi. The highest BCUT2D eigenvalue weighted by atomic mass is 28.3. The van der Waals surface area contributed by atoms with Crippen molar-refractivity contribution in [2.24, 2.45) is 5.73 Å². The van der Waals surface area contributed by atoms with E-state index in [0.717, 1.165) is 11.1 Å². The summed E-state index contributed by atoms with van der Waals surface area (Å²) in [5.74, 6) is -0.728. The van der Waals surface area contributed by atoms with Gasteiger partial charge in [0.2, 0.25) is 5.91 Å². The van der Waals surface area contributed by atoms with Crippen LogP contribution in [0.25, 0.3) is 0 Å². The predicted octanol–water partition coefficient (Wildman–Crippen LogP) is 2.59. The highest BCUT2D eigenvalue weighted by Gasteiger charge is 2.29. The Hall–Kier alpha value is -1.16. The van der Waals surface area contributed by atoms with Gasteiger partial charge in [-0.15, -0.1) is 0 Å². The Morgan fingerprint density at radius 3 is 2.17 bits per heavy atom. The molecule has 0 spiro atoms. The molecule has 1 amide bonds. The number of hydrogen-bond donors (Lipinski definition) is 1. The minimum absolute atomic E-state index is 0.204.